The van der Waals surface area contributed by atoms with E-state index >= 15 is 0 Å². The smallest absolute Gasteiger partial charge is 0.278 e. The summed E-state index contributed by atoms with van der Waals surface area (Å²) in [7, 11) is 0. The lowest BCUT2D eigenvalue weighted by atomic mass is 9.99. The molecule has 0 saturated carbocycles. The maximum absolute atomic E-state index is 12.6. The van der Waals surface area contributed by atoms with Gasteiger partial charge in [-0.05, 0) is 37.0 Å². The van der Waals surface area contributed by atoms with Crippen molar-refractivity contribution in [3.63, 3.8) is 0 Å². The number of hydrogen-bond acceptors (Lipinski definition) is 3. The first-order valence-electron chi connectivity index (χ1n) is 6.65. The van der Waals surface area contributed by atoms with Gasteiger partial charge in [0, 0.05) is 24.0 Å². The molecule has 0 atom stereocenters. The third-order valence-corrected chi connectivity index (χ3v) is 4.56. The van der Waals surface area contributed by atoms with E-state index in [0.29, 0.717) is 22.3 Å². The van der Waals surface area contributed by atoms with Crippen molar-refractivity contribution in [2.24, 2.45) is 0 Å². The number of amides is 1. The van der Waals surface area contributed by atoms with Crippen LogP contribution in [0.3, 0.4) is 0 Å². The van der Waals surface area contributed by atoms with E-state index in [1.165, 1.54) is 18.6 Å². The summed E-state index contributed by atoms with van der Waals surface area (Å²) in [6.07, 6.45) is 6.22. The molecule has 1 amide bonds. The van der Waals surface area contributed by atoms with Crippen LogP contribution in [-0.2, 0) is 6.42 Å². The van der Waals surface area contributed by atoms with E-state index in [2.05, 4.69) is 9.97 Å². The van der Waals surface area contributed by atoms with Crippen LogP contribution in [0.4, 0.5) is 5.69 Å². The van der Waals surface area contributed by atoms with Crippen LogP contribution in [0, 0.1) is 6.92 Å². The predicted octanol–water partition coefficient (Wildman–Crippen LogP) is 3.68. The number of carbonyl (C=O) groups excluding carboxylic acids is 1. The van der Waals surface area contributed by atoms with E-state index in [1.54, 1.807) is 4.90 Å². The van der Waals surface area contributed by atoms with E-state index in [4.69, 9.17) is 23.2 Å². The number of nitrogens with zero attached hydrogens (tertiary/aromatic N) is 3. The molecule has 1 aliphatic heterocycles. The summed E-state index contributed by atoms with van der Waals surface area (Å²) in [4.78, 5) is 22.3. The lowest BCUT2D eigenvalue weighted by Gasteiger charge is -2.30. The van der Waals surface area contributed by atoms with E-state index in [0.717, 1.165) is 29.7 Å². The predicted molar refractivity (Wildman–Crippen MR) is 83.2 cm³/mol. The van der Waals surface area contributed by atoms with Crippen molar-refractivity contribution in [1.82, 2.24) is 9.97 Å². The summed E-state index contributed by atoms with van der Waals surface area (Å²) in [5.41, 5.74) is 2.92. The molecule has 21 heavy (non-hydrogen) atoms. The van der Waals surface area contributed by atoms with Crippen LogP contribution in [0.1, 0.15) is 28.0 Å². The molecule has 1 aromatic carbocycles. The summed E-state index contributed by atoms with van der Waals surface area (Å²) in [6.45, 7) is 2.51. The van der Waals surface area contributed by atoms with Gasteiger partial charge in [-0.25, -0.2) is 4.98 Å². The molecule has 0 spiro atoms. The number of benzene rings is 1. The molecule has 2 aromatic rings. The Morgan fingerprint density at radius 1 is 1.33 bits per heavy atom. The number of hydrogen-bond donors (Lipinski definition) is 0. The molecule has 0 aliphatic carbocycles. The van der Waals surface area contributed by atoms with Crippen LogP contribution in [0.5, 0.6) is 0 Å². The van der Waals surface area contributed by atoms with E-state index in [-0.39, 0.29) is 5.91 Å². The maximum atomic E-state index is 12.6. The van der Waals surface area contributed by atoms with Crippen LogP contribution in [0.15, 0.2) is 24.7 Å². The molecule has 1 aliphatic rings. The van der Waals surface area contributed by atoms with Gasteiger partial charge in [-0.3, -0.25) is 9.78 Å². The molecule has 0 radical (unpaired) electrons. The Balaban J connectivity index is 2.07. The number of rotatable bonds is 1. The van der Waals surface area contributed by atoms with E-state index < -0.39 is 0 Å². The van der Waals surface area contributed by atoms with Crippen LogP contribution in [-0.4, -0.2) is 22.4 Å². The van der Waals surface area contributed by atoms with Crippen molar-refractivity contribution < 1.29 is 4.79 Å². The minimum absolute atomic E-state index is 0.181. The Bertz CT molecular complexity index is 704. The maximum Gasteiger partial charge on any atom is 0.278 e. The zero-order valence-electron chi connectivity index (χ0n) is 11.4. The second kappa shape index (κ2) is 5.62. The molecule has 0 fully saturated rings. The molecule has 1 aromatic heterocycles. The molecule has 108 valence electrons. The molecular weight excluding hydrogens is 309 g/mol. The zero-order chi connectivity index (χ0) is 15.0. The number of anilines is 1. The molecule has 0 unspecified atom stereocenters. The monoisotopic (exact) mass is 321 g/mol. The van der Waals surface area contributed by atoms with Crippen LogP contribution >= 0.6 is 23.2 Å². The highest BCUT2D eigenvalue weighted by molar-refractivity contribution is 6.37. The first-order valence-corrected chi connectivity index (χ1v) is 7.40. The molecular formula is C15H13Cl2N3O. The van der Waals surface area contributed by atoms with Crippen LogP contribution in [0.2, 0.25) is 10.0 Å². The number of aromatic nitrogens is 2. The fourth-order valence-corrected chi connectivity index (χ4v) is 3.07. The van der Waals surface area contributed by atoms with Crippen molar-refractivity contribution in [3.05, 3.63) is 51.5 Å². The second-order valence-corrected chi connectivity index (χ2v) is 5.73. The summed E-state index contributed by atoms with van der Waals surface area (Å²) in [5, 5.41) is 1.21. The van der Waals surface area contributed by atoms with Gasteiger partial charge < -0.3 is 4.90 Å². The van der Waals surface area contributed by atoms with Crippen molar-refractivity contribution >= 4 is 34.8 Å². The molecule has 2 heterocycles. The molecule has 0 saturated heterocycles. The molecule has 3 rings (SSSR count). The highest BCUT2D eigenvalue weighted by Gasteiger charge is 2.27. The van der Waals surface area contributed by atoms with Gasteiger partial charge in [0.15, 0.2) is 0 Å². The van der Waals surface area contributed by atoms with Crippen molar-refractivity contribution in [3.8, 4) is 0 Å². The van der Waals surface area contributed by atoms with E-state index in [1.807, 2.05) is 13.0 Å². The van der Waals surface area contributed by atoms with Crippen LogP contribution in [0.25, 0.3) is 0 Å². The summed E-state index contributed by atoms with van der Waals surface area (Å²) < 4.78 is 0. The average molecular weight is 322 g/mol. The van der Waals surface area contributed by atoms with Gasteiger partial charge in [-0.1, -0.05) is 23.2 Å². The van der Waals surface area contributed by atoms with Gasteiger partial charge in [0.1, 0.15) is 5.69 Å². The molecule has 0 bridgehead atoms. The third kappa shape index (κ3) is 2.49. The fraction of sp³-hybridized carbons (Fsp3) is 0.267. The Labute approximate surface area is 132 Å². The van der Waals surface area contributed by atoms with Gasteiger partial charge >= 0.3 is 0 Å². The van der Waals surface area contributed by atoms with Crippen molar-refractivity contribution in [1.29, 1.82) is 0 Å². The van der Waals surface area contributed by atoms with Gasteiger partial charge in [0.05, 0.1) is 16.9 Å². The Morgan fingerprint density at radius 2 is 2.14 bits per heavy atom. The van der Waals surface area contributed by atoms with Crippen LogP contribution < -0.4 is 4.90 Å². The highest BCUT2D eigenvalue weighted by Crippen LogP contribution is 2.39. The van der Waals surface area contributed by atoms with Gasteiger partial charge in [-0.15, -0.1) is 0 Å². The molecule has 0 N–H and O–H groups in total. The number of halogens is 2. The summed E-state index contributed by atoms with van der Waals surface area (Å²) in [5.74, 6) is -0.181. The SMILES string of the molecule is Cc1c(Cl)cc2c(c1Cl)CCCN2C(=O)c1cnccn1. The summed E-state index contributed by atoms with van der Waals surface area (Å²) >= 11 is 12.6. The highest BCUT2D eigenvalue weighted by atomic mass is 35.5. The molecule has 4 nitrogen and oxygen atoms in total. The van der Waals surface area contributed by atoms with Crippen molar-refractivity contribution in [2.45, 2.75) is 19.8 Å². The Morgan fingerprint density at radius 3 is 2.86 bits per heavy atom. The first kappa shape index (κ1) is 14.3. The summed E-state index contributed by atoms with van der Waals surface area (Å²) in [6, 6.07) is 1.81. The lowest BCUT2D eigenvalue weighted by molar-refractivity contribution is 0.0980. The second-order valence-electron chi connectivity index (χ2n) is 4.95. The average Bonchev–Trinajstić information content (AvgIpc) is 2.52. The normalized spacial score (nSPS) is 14.0. The number of carbonyl (C=O) groups is 1. The largest absolute Gasteiger partial charge is 0.307 e. The van der Waals surface area contributed by atoms with E-state index in [9.17, 15) is 4.79 Å². The third-order valence-electron chi connectivity index (χ3n) is 3.65. The topological polar surface area (TPSA) is 46.1 Å². The van der Waals surface area contributed by atoms with Gasteiger partial charge in [0.25, 0.3) is 5.91 Å². The lowest BCUT2D eigenvalue weighted by Crippen LogP contribution is -2.36. The quantitative estimate of drug-likeness (QED) is 0.804. The zero-order valence-corrected chi connectivity index (χ0v) is 12.9. The standard InChI is InChI=1S/C15H13Cl2N3O/c1-9-11(16)7-13-10(14(9)17)3-2-6-20(13)15(21)12-8-18-4-5-19-12/h4-5,7-8H,2-3,6H2,1H3. The minimum Gasteiger partial charge on any atom is -0.307 e. The number of fused-ring (bicyclic) bond motifs is 1. The first-order chi connectivity index (χ1) is 10.1. The molecule has 6 heteroatoms. The Hall–Kier alpha value is -1.65. The van der Waals surface area contributed by atoms with Gasteiger partial charge in [-0.2, -0.15) is 0 Å². The fourth-order valence-electron chi connectivity index (χ4n) is 2.53. The van der Waals surface area contributed by atoms with Crippen molar-refractivity contribution in [2.75, 3.05) is 11.4 Å². The van der Waals surface area contributed by atoms with Gasteiger partial charge in [0.2, 0.25) is 0 Å². The Kier molecular flexibility index (Phi) is 3.83. The minimum atomic E-state index is -0.181.